The third-order valence-corrected chi connectivity index (χ3v) is 13.2. The third-order valence-electron chi connectivity index (χ3n) is 10.8. The van der Waals surface area contributed by atoms with Crippen LogP contribution in [0.5, 0.6) is 5.75 Å². The van der Waals surface area contributed by atoms with Crippen LogP contribution in [0.3, 0.4) is 0 Å². The van der Waals surface area contributed by atoms with Crippen LogP contribution in [-0.4, -0.2) is 52.1 Å². The number of ether oxygens (including phenoxy) is 1. The fourth-order valence-corrected chi connectivity index (χ4v) is 9.73. The Bertz CT molecular complexity index is 1460. The number of anilines is 1. The van der Waals surface area contributed by atoms with E-state index in [1.54, 1.807) is 6.07 Å². The minimum absolute atomic E-state index is 0.0861. The average Bonchev–Trinajstić information content (AvgIpc) is 3.06. The van der Waals surface area contributed by atoms with Crippen LogP contribution >= 0.6 is 11.6 Å². The van der Waals surface area contributed by atoms with Crippen LogP contribution in [0.4, 0.5) is 5.69 Å². The number of nitrogens with zero attached hydrogens (tertiary/aromatic N) is 1. The number of rotatable bonds is 0. The predicted molar refractivity (Wildman–Crippen MR) is 172 cm³/mol. The zero-order valence-electron chi connectivity index (χ0n) is 25.1. The Labute approximate surface area is 256 Å². The van der Waals surface area contributed by atoms with Gasteiger partial charge in [-0.15, -0.1) is 0 Å². The summed E-state index contributed by atoms with van der Waals surface area (Å²) in [5, 5.41) is 11.9. The number of aliphatic hydroxyl groups is 1. The van der Waals surface area contributed by atoms with Crippen molar-refractivity contribution in [2.75, 3.05) is 24.6 Å². The van der Waals surface area contributed by atoms with Crippen molar-refractivity contribution in [3.63, 3.8) is 0 Å². The van der Waals surface area contributed by atoms with E-state index in [1.807, 2.05) is 25.1 Å². The van der Waals surface area contributed by atoms with Crippen molar-refractivity contribution in [1.29, 1.82) is 0 Å². The minimum atomic E-state index is -2.90. The topological polar surface area (TPSA) is 78.9 Å². The molecule has 2 heterocycles. The number of aliphatic hydroxyl groups excluding tert-OH is 1. The second-order valence-electron chi connectivity index (χ2n) is 13.8. The summed E-state index contributed by atoms with van der Waals surface area (Å²) in [5.74, 6) is 5.35. The first-order valence-corrected chi connectivity index (χ1v) is 17.8. The van der Waals surface area contributed by atoms with E-state index in [9.17, 15) is 14.1 Å². The number of fused-ring (bicyclic) bond motifs is 4. The molecule has 42 heavy (non-hydrogen) atoms. The first-order valence-electron chi connectivity index (χ1n) is 15.6. The zero-order valence-corrected chi connectivity index (χ0v) is 26.7. The smallest absolute Gasteiger partial charge is 0.262 e. The Kier molecular flexibility index (Phi) is 8.07. The van der Waals surface area contributed by atoms with Gasteiger partial charge in [0.15, 0.2) is 0 Å². The molecule has 1 amide bonds. The SMILES string of the molecule is C=S1(=O)NC(=O)c2ccc3c(c2)N(C[C@@H]2CC[C@H]2[C@@H](O)C[C@@H](C)C[C@H](C)[C@H]1C)C[C@@]1(CCCc2cc(Cl)ccc21)CO3. The van der Waals surface area contributed by atoms with E-state index in [1.165, 1.54) is 11.1 Å². The summed E-state index contributed by atoms with van der Waals surface area (Å²) in [6, 6.07) is 11.8. The fourth-order valence-electron chi connectivity index (χ4n) is 8.06. The van der Waals surface area contributed by atoms with E-state index in [0.29, 0.717) is 18.1 Å². The van der Waals surface area contributed by atoms with E-state index in [-0.39, 0.29) is 40.4 Å². The van der Waals surface area contributed by atoms with Crippen molar-refractivity contribution in [2.45, 2.75) is 82.5 Å². The maximum absolute atomic E-state index is 13.7. The summed E-state index contributed by atoms with van der Waals surface area (Å²) < 4.78 is 23.1. The highest BCUT2D eigenvalue weighted by Gasteiger charge is 2.44. The van der Waals surface area contributed by atoms with Gasteiger partial charge in [-0.25, -0.2) is 4.21 Å². The van der Waals surface area contributed by atoms with Crippen LogP contribution < -0.4 is 14.4 Å². The number of nitrogens with one attached hydrogen (secondary N) is 1. The highest BCUT2D eigenvalue weighted by atomic mass is 35.5. The molecule has 1 unspecified atom stereocenters. The maximum Gasteiger partial charge on any atom is 0.262 e. The number of benzene rings is 2. The molecule has 2 aliphatic carbocycles. The summed E-state index contributed by atoms with van der Waals surface area (Å²) in [6.07, 6.45) is 6.38. The summed E-state index contributed by atoms with van der Waals surface area (Å²) in [7, 11) is -2.90. The zero-order chi connectivity index (χ0) is 29.8. The molecule has 1 spiro atoms. The van der Waals surface area contributed by atoms with Gasteiger partial charge in [0, 0.05) is 34.3 Å². The molecular formula is C34H45ClN2O4S. The van der Waals surface area contributed by atoms with Crippen molar-refractivity contribution >= 4 is 38.8 Å². The molecule has 6 rings (SSSR count). The summed E-state index contributed by atoms with van der Waals surface area (Å²) in [4.78, 5) is 15.9. The van der Waals surface area contributed by atoms with E-state index in [4.69, 9.17) is 16.3 Å². The molecule has 4 aliphatic rings. The van der Waals surface area contributed by atoms with Crippen LogP contribution in [-0.2, 0) is 21.5 Å². The lowest BCUT2D eigenvalue weighted by atomic mass is 9.67. The molecule has 2 aromatic carbocycles. The van der Waals surface area contributed by atoms with Gasteiger partial charge in [-0.3, -0.25) is 9.52 Å². The lowest BCUT2D eigenvalue weighted by molar-refractivity contribution is 0.000390. The predicted octanol–water partition coefficient (Wildman–Crippen LogP) is 6.02. The second kappa shape index (κ2) is 11.4. The molecule has 6 nitrogen and oxygen atoms in total. The van der Waals surface area contributed by atoms with Gasteiger partial charge in [-0.1, -0.05) is 31.5 Å². The van der Waals surface area contributed by atoms with Gasteiger partial charge in [0.05, 0.1) is 28.1 Å². The lowest BCUT2D eigenvalue weighted by Gasteiger charge is -2.46. The summed E-state index contributed by atoms with van der Waals surface area (Å²) in [5.41, 5.74) is 3.72. The number of hydrogen-bond acceptors (Lipinski definition) is 5. The number of aryl methyl sites for hydroxylation is 1. The van der Waals surface area contributed by atoms with Crippen molar-refractivity contribution in [3.8, 4) is 5.75 Å². The molecule has 1 fully saturated rings. The Morgan fingerprint density at radius 2 is 1.95 bits per heavy atom. The molecule has 8 heteroatoms. The minimum Gasteiger partial charge on any atom is -0.490 e. The van der Waals surface area contributed by atoms with Gasteiger partial charge in [0.1, 0.15) is 5.75 Å². The lowest BCUT2D eigenvalue weighted by Crippen LogP contribution is -2.49. The van der Waals surface area contributed by atoms with Crippen LogP contribution in [0.15, 0.2) is 36.4 Å². The highest BCUT2D eigenvalue weighted by Crippen LogP contribution is 2.47. The number of amides is 1. The first kappa shape index (κ1) is 29.8. The maximum atomic E-state index is 13.7. The van der Waals surface area contributed by atoms with E-state index in [0.717, 1.165) is 74.5 Å². The van der Waals surface area contributed by atoms with Crippen LogP contribution in [0.2, 0.25) is 5.02 Å². The number of carbonyl (C=O) groups is 1. The standard InChI is InChI=1S/C34H45ClN2O4S/c1-21-14-22(2)23(3)42(4,40)36-33(39)25-8-12-32-30(17-25)37(18-26-7-10-28(26)31(38)15-21)19-34(20-41-32)13-5-6-24-16-27(35)9-11-29(24)34/h8-9,11-12,16-17,21-23,26,28,31,38H,4-7,10,13-15,18-20H2,1-3H3,(H,36,39,40)/t21-,22-,23+,26-,28+,31-,34-,42?/m0/s1. The van der Waals surface area contributed by atoms with E-state index in [2.05, 4.69) is 41.5 Å². The average molecular weight is 613 g/mol. The van der Waals surface area contributed by atoms with Crippen molar-refractivity contribution in [2.24, 2.45) is 23.7 Å². The van der Waals surface area contributed by atoms with Gasteiger partial charge < -0.3 is 14.7 Å². The molecule has 1 saturated carbocycles. The number of carbonyl (C=O) groups excluding carboxylic acids is 1. The molecule has 2 bridgehead atoms. The van der Waals surface area contributed by atoms with Crippen molar-refractivity contribution in [1.82, 2.24) is 4.72 Å². The summed E-state index contributed by atoms with van der Waals surface area (Å²) >= 11 is 6.41. The second-order valence-corrected chi connectivity index (χ2v) is 16.6. The largest absolute Gasteiger partial charge is 0.490 e. The summed E-state index contributed by atoms with van der Waals surface area (Å²) in [6.45, 7) is 8.26. The van der Waals surface area contributed by atoms with E-state index >= 15 is 0 Å². The molecule has 2 N–H and O–H groups in total. The molecule has 8 atom stereocenters. The third kappa shape index (κ3) is 5.57. The van der Waals surface area contributed by atoms with Crippen LogP contribution in [0.1, 0.15) is 80.8 Å². The van der Waals surface area contributed by atoms with Crippen molar-refractivity contribution in [3.05, 3.63) is 58.1 Å². The van der Waals surface area contributed by atoms with Gasteiger partial charge in [-0.05, 0) is 123 Å². The van der Waals surface area contributed by atoms with Gasteiger partial charge >= 0.3 is 0 Å². The number of hydrogen-bond donors (Lipinski definition) is 2. The van der Waals surface area contributed by atoms with Gasteiger partial charge in [0.2, 0.25) is 0 Å². The van der Waals surface area contributed by atoms with Crippen LogP contribution in [0.25, 0.3) is 0 Å². The number of halogens is 1. The molecule has 0 radical (unpaired) electrons. The molecule has 0 saturated heterocycles. The molecule has 228 valence electrons. The molecule has 2 aliphatic heterocycles. The Morgan fingerprint density at radius 3 is 2.71 bits per heavy atom. The van der Waals surface area contributed by atoms with E-state index < -0.39 is 9.71 Å². The fraction of sp³-hybridized carbons (Fsp3) is 0.588. The van der Waals surface area contributed by atoms with Gasteiger partial charge in [-0.2, -0.15) is 0 Å². The Morgan fingerprint density at radius 1 is 1.14 bits per heavy atom. The quantitative estimate of drug-likeness (QED) is 0.356. The monoisotopic (exact) mass is 612 g/mol. The van der Waals surface area contributed by atoms with Gasteiger partial charge in [0.25, 0.3) is 5.91 Å². The highest BCUT2D eigenvalue weighted by molar-refractivity contribution is 7.99. The molecular weight excluding hydrogens is 568 g/mol. The first-order chi connectivity index (χ1) is 20.0. The normalized spacial score (nSPS) is 37.0. The van der Waals surface area contributed by atoms with Crippen molar-refractivity contribution < 1.29 is 18.8 Å². The Balaban J connectivity index is 1.42. The molecule has 0 aromatic heterocycles. The van der Waals surface area contributed by atoms with Crippen LogP contribution in [0, 0.1) is 23.7 Å². The molecule has 2 aromatic rings. The Hall–Kier alpha value is -2.22.